The molecule has 0 atom stereocenters. The Morgan fingerprint density at radius 1 is 1.03 bits per heavy atom. The van der Waals surface area contributed by atoms with Crippen LogP contribution in [0.25, 0.3) is 0 Å². The summed E-state index contributed by atoms with van der Waals surface area (Å²) >= 11 is 0. The van der Waals surface area contributed by atoms with Gasteiger partial charge in [0.1, 0.15) is 13.2 Å². The SMILES string of the molecule is CC1([N+](=O)[O-])COC2(OC1)C(=O)N(Cc1ccc([N+](=O)[O-])cc1)c1ccccc12. The van der Waals surface area contributed by atoms with E-state index in [0.717, 1.165) is 0 Å². The molecule has 2 aliphatic rings. The molecule has 29 heavy (non-hydrogen) atoms. The van der Waals surface area contributed by atoms with Gasteiger partial charge in [0.2, 0.25) is 0 Å². The lowest BCUT2D eigenvalue weighted by atomic mass is 10.0. The number of carbonyl (C=O) groups excluding carboxylic acids is 1. The third-order valence-electron chi connectivity index (χ3n) is 5.18. The Morgan fingerprint density at radius 2 is 1.66 bits per heavy atom. The molecule has 150 valence electrons. The van der Waals surface area contributed by atoms with Crippen LogP contribution in [-0.4, -0.2) is 34.5 Å². The predicted molar refractivity (Wildman–Crippen MR) is 99.7 cm³/mol. The molecule has 0 saturated carbocycles. The van der Waals surface area contributed by atoms with Crippen LogP contribution in [0.2, 0.25) is 0 Å². The van der Waals surface area contributed by atoms with E-state index in [0.29, 0.717) is 16.8 Å². The molecule has 1 spiro atoms. The van der Waals surface area contributed by atoms with Gasteiger partial charge in [0.15, 0.2) is 0 Å². The van der Waals surface area contributed by atoms with Crippen LogP contribution >= 0.6 is 0 Å². The van der Waals surface area contributed by atoms with Gasteiger partial charge < -0.3 is 14.4 Å². The molecule has 0 radical (unpaired) electrons. The number of carbonyl (C=O) groups is 1. The number of fused-ring (bicyclic) bond motifs is 2. The minimum Gasteiger partial charge on any atom is -0.331 e. The van der Waals surface area contributed by atoms with Gasteiger partial charge in [0.05, 0.1) is 17.2 Å². The maximum atomic E-state index is 13.3. The van der Waals surface area contributed by atoms with Gasteiger partial charge in [0.25, 0.3) is 22.9 Å². The molecule has 1 amide bonds. The zero-order valence-corrected chi connectivity index (χ0v) is 15.4. The Morgan fingerprint density at radius 3 is 2.24 bits per heavy atom. The fourth-order valence-corrected chi connectivity index (χ4v) is 3.43. The van der Waals surface area contributed by atoms with Gasteiger partial charge in [-0.25, -0.2) is 0 Å². The highest BCUT2D eigenvalue weighted by Crippen LogP contribution is 2.46. The number of rotatable bonds is 4. The van der Waals surface area contributed by atoms with E-state index in [1.165, 1.54) is 24.0 Å². The number of ether oxygens (including phenoxy) is 2. The first kappa shape index (κ1) is 19.0. The summed E-state index contributed by atoms with van der Waals surface area (Å²) in [7, 11) is 0. The number of para-hydroxylation sites is 1. The molecule has 1 fully saturated rings. The van der Waals surface area contributed by atoms with Crippen molar-refractivity contribution < 1.29 is 24.1 Å². The summed E-state index contributed by atoms with van der Waals surface area (Å²) in [5, 5.41) is 22.1. The van der Waals surface area contributed by atoms with Crippen molar-refractivity contribution in [3.63, 3.8) is 0 Å². The van der Waals surface area contributed by atoms with E-state index < -0.39 is 27.1 Å². The summed E-state index contributed by atoms with van der Waals surface area (Å²) in [5.41, 5.74) is 0.252. The average Bonchev–Trinajstić information content (AvgIpc) is 2.94. The smallest absolute Gasteiger partial charge is 0.292 e. The van der Waals surface area contributed by atoms with Gasteiger partial charge in [0, 0.05) is 29.5 Å². The molecule has 2 aromatic carbocycles. The molecular formula is C19H17N3O7. The van der Waals surface area contributed by atoms with E-state index in [1.807, 2.05) is 0 Å². The molecule has 0 aliphatic carbocycles. The number of nitro groups is 2. The standard InChI is InChI=1S/C19H17N3O7/c1-18(22(26)27)11-28-19(29-12-18)15-4-2-3-5-16(15)20(17(19)23)10-13-6-8-14(9-7-13)21(24)25/h2-9H,10-12H2,1H3. The Hall–Kier alpha value is -3.37. The number of non-ortho nitro benzene ring substituents is 1. The number of benzene rings is 2. The fraction of sp³-hybridized carbons (Fsp3) is 0.316. The molecule has 0 bridgehead atoms. The molecule has 10 heteroatoms. The Balaban J connectivity index is 1.65. The first-order valence-electron chi connectivity index (χ1n) is 8.84. The molecule has 0 unspecified atom stereocenters. The van der Waals surface area contributed by atoms with Crippen molar-refractivity contribution in [3.8, 4) is 0 Å². The first-order chi connectivity index (χ1) is 13.8. The largest absolute Gasteiger partial charge is 0.331 e. The zero-order valence-electron chi connectivity index (χ0n) is 15.4. The lowest BCUT2D eigenvalue weighted by Gasteiger charge is -2.37. The molecule has 4 rings (SSSR count). The number of anilines is 1. The predicted octanol–water partition coefficient (Wildman–Crippen LogP) is 2.38. The van der Waals surface area contributed by atoms with Crippen molar-refractivity contribution in [3.05, 3.63) is 79.9 Å². The second-order valence-corrected chi connectivity index (χ2v) is 7.28. The van der Waals surface area contributed by atoms with Crippen molar-refractivity contribution in [2.75, 3.05) is 18.1 Å². The van der Waals surface area contributed by atoms with Crippen LogP contribution in [0, 0.1) is 20.2 Å². The van der Waals surface area contributed by atoms with Crippen LogP contribution in [-0.2, 0) is 26.6 Å². The van der Waals surface area contributed by atoms with E-state index in [4.69, 9.17) is 9.47 Å². The van der Waals surface area contributed by atoms with Gasteiger partial charge in [-0.1, -0.05) is 30.3 Å². The van der Waals surface area contributed by atoms with Crippen molar-refractivity contribution in [1.82, 2.24) is 0 Å². The highest BCUT2D eigenvalue weighted by molar-refractivity contribution is 6.06. The highest BCUT2D eigenvalue weighted by atomic mass is 16.7. The molecule has 1 saturated heterocycles. The Kier molecular flexibility index (Phi) is 4.32. The van der Waals surface area contributed by atoms with Crippen molar-refractivity contribution in [2.24, 2.45) is 0 Å². The van der Waals surface area contributed by atoms with E-state index in [-0.39, 0.29) is 25.4 Å². The van der Waals surface area contributed by atoms with Gasteiger partial charge in [-0.05, 0) is 11.6 Å². The van der Waals surface area contributed by atoms with Crippen LogP contribution in [0.4, 0.5) is 11.4 Å². The normalized spacial score (nSPS) is 25.8. The van der Waals surface area contributed by atoms with Gasteiger partial charge in [-0.15, -0.1) is 0 Å². The molecular weight excluding hydrogens is 382 g/mol. The molecule has 0 aromatic heterocycles. The third-order valence-corrected chi connectivity index (χ3v) is 5.18. The maximum Gasteiger partial charge on any atom is 0.292 e. The first-order valence-corrected chi connectivity index (χ1v) is 8.84. The summed E-state index contributed by atoms with van der Waals surface area (Å²) in [6.07, 6.45) is 0. The summed E-state index contributed by atoms with van der Waals surface area (Å²) in [5.74, 6) is -2.21. The molecule has 2 aliphatic heterocycles. The second kappa shape index (κ2) is 6.61. The minimum absolute atomic E-state index is 0.0450. The summed E-state index contributed by atoms with van der Waals surface area (Å²) in [6.45, 7) is 1.01. The summed E-state index contributed by atoms with van der Waals surface area (Å²) < 4.78 is 11.4. The fourth-order valence-electron chi connectivity index (χ4n) is 3.43. The van der Waals surface area contributed by atoms with Gasteiger partial charge in [-0.3, -0.25) is 25.0 Å². The second-order valence-electron chi connectivity index (χ2n) is 7.28. The summed E-state index contributed by atoms with van der Waals surface area (Å²) in [4.78, 5) is 35.9. The highest BCUT2D eigenvalue weighted by Gasteiger charge is 2.60. The van der Waals surface area contributed by atoms with Crippen LogP contribution < -0.4 is 4.90 Å². The zero-order chi connectivity index (χ0) is 20.8. The average molecular weight is 399 g/mol. The van der Waals surface area contributed by atoms with Crippen molar-refractivity contribution in [2.45, 2.75) is 24.8 Å². The molecule has 10 nitrogen and oxygen atoms in total. The number of hydrogen-bond donors (Lipinski definition) is 0. The lowest BCUT2D eigenvalue weighted by Crippen LogP contribution is -2.57. The number of hydrogen-bond acceptors (Lipinski definition) is 7. The number of nitro benzene ring substituents is 1. The van der Waals surface area contributed by atoms with E-state index >= 15 is 0 Å². The monoisotopic (exact) mass is 399 g/mol. The van der Waals surface area contributed by atoms with E-state index in [9.17, 15) is 25.0 Å². The molecule has 0 N–H and O–H groups in total. The minimum atomic E-state index is -1.73. The van der Waals surface area contributed by atoms with E-state index in [1.54, 1.807) is 36.4 Å². The van der Waals surface area contributed by atoms with Crippen LogP contribution in [0.1, 0.15) is 18.1 Å². The summed E-state index contributed by atoms with van der Waals surface area (Å²) in [6, 6.07) is 12.8. The number of amides is 1. The van der Waals surface area contributed by atoms with Crippen molar-refractivity contribution in [1.29, 1.82) is 0 Å². The van der Waals surface area contributed by atoms with Crippen molar-refractivity contribution >= 4 is 17.3 Å². The Bertz CT molecular complexity index is 997. The van der Waals surface area contributed by atoms with Crippen LogP contribution in [0.3, 0.4) is 0 Å². The molecule has 2 heterocycles. The maximum absolute atomic E-state index is 13.3. The molecule has 2 aromatic rings. The van der Waals surface area contributed by atoms with Gasteiger partial charge >= 0.3 is 0 Å². The quantitative estimate of drug-likeness (QED) is 0.571. The Labute approximate surface area is 164 Å². The third kappa shape index (κ3) is 2.93. The van der Waals surface area contributed by atoms with Gasteiger partial charge in [-0.2, -0.15) is 0 Å². The topological polar surface area (TPSA) is 125 Å². The number of nitrogens with zero attached hydrogens (tertiary/aromatic N) is 3. The lowest BCUT2D eigenvalue weighted by molar-refractivity contribution is -0.590. The van der Waals surface area contributed by atoms with E-state index in [2.05, 4.69) is 0 Å². The van der Waals surface area contributed by atoms with Crippen LogP contribution in [0.15, 0.2) is 48.5 Å². The van der Waals surface area contributed by atoms with Crippen LogP contribution in [0.5, 0.6) is 0 Å².